The summed E-state index contributed by atoms with van der Waals surface area (Å²) in [5.41, 5.74) is 5.31. The second-order valence-electron chi connectivity index (χ2n) is 14.7. The Hall–Kier alpha value is -4.70. The molecule has 2 aliphatic rings. The number of thioether (sulfide) groups is 1. The number of esters is 4. The first kappa shape index (κ1) is 47.7. The molecule has 1 aromatic rings. The maximum absolute atomic E-state index is 13.6. The summed E-state index contributed by atoms with van der Waals surface area (Å²) in [4.78, 5) is 76.2. The predicted octanol–water partition coefficient (Wildman–Crippen LogP) is 3.52. The Bertz CT molecular complexity index is 1910. The highest BCUT2D eigenvalue weighted by Gasteiger charge is 2.52. The summed E-state index contributed by atoms with van der Waals surface area (Å²) >= 11 is 1.29. The second kappa shape index (κ2) is 22.4. The van der Waals surface area contributed by atoms with E-state index < -0.39 is 53.7 Å². The van der Waals surface area contributed by atoms with Crippen molar-refractivity contribution in [1.82, 2.24) is 15.2 Å². The van der Waals surface area contributed by atoms with Crippen LogP contribution >= 0.6 is 11.8 Å². The smallest absolute Gasteiger partial charge is 0.303 e. The van der Waals surface area contributed by atoms with E-state index in [4.69, 9.17) is 28.7 Å². The number of aromatic amines is 1. The molecule has 7 atom stereocenters. The van der Waals surface area contributed by atoms with Crippen LogP contribution < -0.4 is 16.0 Å². The number of H-pyrrole nitrogens is 1. The third-order valence-electron chi connectivity index (χ3n) is 9.97. The van der Waals surface area contributed by atoms with Gasteiger partial charge in [-0.1, -0.05) is 12.5 Å². The summed E-state index contributed by atoms with van der Waals surface area (Å²) in [5, 5.41) is 5.23. The van der Waals surface area contributed by atoms with Crippen LogP contribution in [0.1, 0.15) is 80.2 Å². The number of rotatable bonds is 17. The van der Waals surface area contributed by atoms with E-state index in [0.717, 1.165) is 44.5 Å². The number of hydrogen-bond donors (Lipinski definition) is 2. The highest BCUT2D eigenvalue weighted by Crippen LogP contribution is 2.38. The van der Waals surface area contributed by atoms with Crippen molar-refractivity contribution >= 4 is 65.1 Å². The summed E-state index contributed by atoms with van der Waals surface area (Å²) in [6, 6.07) is 2.12. The van der Waals surface area contributed by atoms with Gasteiger partial charge in [-0.15, -0.1) is 11.8 Å². The average Bonchev–Trinajstić information content (AvgIpc) is 3.68. The summed E-state index contributed by atoms with van der Waals surface area (Å²) in [6.07, 6.45) is 2.66. The lowest BCUT2D eigenvalue weighted by atomic mass is 9.84. The van der Waals surface area contributed by atoms with Crippen molar-refractivity contribution in [3.63, 3.8) is 0 Å². The minimum absolute atomic E-state index is 0.00484. The molecule has 0 radical (unpaired) electrons. The van der Waals surface area contributed by atoms with E-state index >= 15 is 0 Å². The average molecular weight is 828 g/mol. The van der Waals surface area contributed by atoms with Crippen LogP contribution in [-0.4, -0.2) is 121 Å². The lowest BCUT2D eigenvalue weighted by molar-refractivity contribution is -0.237. The summed E-state index contributed by atoms with van der Waals surface area (Å²) < 4.78 is 28.0. The molecule has 320 valence electrons. The number of likely N-dealkylation sites (N-methyl/N-ethyl adjacent to an activating group) is 1. The van der Waals surface area contributed by atoms with Crippen molar-refractivity contribution in [2.45, 2.75) is 111 Å². The van der Waals surface area contributed by atoms with E-state index in [-0.39, 0.29) is 24.3 Å². The molecule has 15 nitrogen and oxygen atoms in total. The first-order valence-corrected chi connectivity index (χ1v) is 20.5. The van der Waals surface area contributed by atoms with Crippen molar-refractivity contribution < 1.29 is 47.7 Å². The Balaban J connectivity index is 1.76. The molecule has 58 heavy (non-hydrogen) atoms. The van der Waals surface area contributed by atoms with Gasteiger partial charge in [0.25, 0.3) is 0 Å². The van der Waals surface area contributed by atoms with Crippen molar-refractivity contribution in [1.29, 1.82) is 0 Å². The van der Waals surface area contributed by atoms with Crippen molar-refractivity contribution in [3.8, 4) is 0 Å². The number of aromatic nitrogens is 1. The number of carbonyl (C=O) groups is 5. The molecule has 0 bridgehead atoms. The van der Waals surface area contributed by atoms with Crippen LogP contribution in [0.25, 0.3) is 11.6 Å². The minimum atomic E-state index is -1.23. The Morgan fingerprint density at radius 3 is 2.21 bits per heavy atom. The molecule has 0 aliphatic carbocycles. The van der Waals surface area contributed by atoms with Crippen LogP contribution in [0.2, 0.25) is 0 Å². The van der Waals surface area contributed by atoms with Gasteiger partial charge < -0.3 is 38.9 Å². The van der Waals surface area contributed by atoms with Crippen LogP contribution in [0.15, 0.2) is 39.1 Å². The maximum Gasteiger partial charge on any atom is 0.303 e. The standard InChI is InChI=1S/C42H61N5O10S/c1-23(2)33(44-11)21-35-25(4)31(38(46-35)26(5)34-20-24(3)32(45-34)16-17-43-10)14-15-37(52)47(12)18-13-19-58-42-41(56-30(9)51)40(55-29(8)50)39(54-28(7)49)36(57-42)22-53-27(6)48/h16-17,20-21,25,31,36,39-42,44-45H,13-15,18-19,22H2,1-12H3/b32-16-,34-26-,35-21-,43-17?/t25-,31-,36+,39+,40-,41+,42-/m0/s1. The number of allylic oxidation sites excluding steroid dienone is 3. The zero-order valence-corrected chi connectivity index (χ0v) is 36.7. The van der Waals surface area contributed by atoms with Crippen LogP contribution in [0.4, 0.5) is 0 Å². The van der Waals surface area contributed by atoms with Gasteiger partial charge in [-0.25, -0.2) is 0 Å². The third kappa shape index (κ3) is 13.4. The lowest BCUT2D eigenvalue weighted by Crippen LogP contribution is -2.61. The molecule has 1 fully saturated rings. The van der Waals surface area contributed by atoms with Gasteiger partial charge >= 0.3 is 23.9 Å². The Morgan fingerprint density at radius 1 is 0.983 bits per heavy atom. The number of ether oxygens (including phenoxy) is 5. The third-order valence-corrected chi connectivity index (χ3v) is 11.2. The molecule has 0 unspecified atom stereocenters. The maximum atomic E-state index is 13.6. The fraction of sp³-hybridized carbons (Fsp3) is 0.595. The zero-order chi connectivity index (χ0) is 43.3. The molecular weight excluding hydrogens is 767 g/mol. The molecule has 1 aromatic heterocycles. The first-order valence-electron chi connectivity index (χ1n) is 19.5. The molecule has 2 aliphatic heterocycles. The van der Waals surface area contributed by atoms with Crippen LogP contribution in [0.5, 0.6) is 0 Å². The SMILES string of the molecule is CN=C/C=c1\[nH]/c(=C(/C)C2=N/C(=C\C(NC)=C(C)C)[C@@H](C)[C@@H]2CCC(=O)N(C)CCCS[C@@H]2O[C@H](COC(C)=O)[C@@H](OC(C)=O)[C@H](OC(C)=O)[C@H]2OC(C)=O)cc1C. The molecule has 2 N–H and O–H groups in total. The second-order valence-corrected chi connectivity index (χ2v) is 16.0. The van der Waals surface area contributed by atoms with Gasteiger partial charge in [0.05, 0.1) is 0 Å². The van der Waals surface area contributed by atoms with Gasteiger partial charge in [0.15, 0.2) is 18.3 Å². The number of carbonyl (C=O) groups excluding carboxylic acids is 5. The van der Waals surface area contributed by atoms with Gasteiger partial charge in [-0.3, -0.25) is 34.0 Å². The molecule has 1 saturated heterocycles. The molecule has 0 saturated carbocycles. The van der Waals surface area contributed by atoms with E-state index in [2.05, 4.69) is 62.1 Å². The number of nitrogens with zero attached hydrogens (tertiary/aromatic N) is 3. The number of amides is 1. The highest BCUT2D eigenvalue weighted by atomic mass is 32.2. The molecule has 0 spiro atoms. The Labute approximate surface area is 345 Å². The number of aliphatic imine (C=N–C) groups is 2. The quantitative estimate of drug-likeness (QED) is 0.101. The largest absolute Gasteiger partial charge is 0.463 e. The lowest BCUT2D eigenvalue weighted by Gasteiger charge is -2.44. The minimum Gasteiger partial charge on any atom is -0.463 e. The van der Waals surface area contributed by atoms with E-state index in [1.807, 2.05) is 13.1 Å². The van der Waals surface area contributed by atoms with E-state index in [9.17, 15) is 24.0 Å². The summed E-state index contributed by atoms with van der Waals surface area (Å²) in [7, 11) is 5.40. The zero-order valence-electron chi connectivity index (χ0n) is 35.9. The predicted molar refractivity (Wildman–Crippen MR) is 224 cm³/mol. The van der Waals surface area contributed by atoms with Gasteiger partial charge in [0.2, 0.25) is 5.91 Å². The van der Waals surface area contributed by atoms with E-state index in [0.29, 0.717) is 31.6 Å². The Morgan fingerprint density at radius 2 is 1.62 bits per heavy atom. The van der Waals surface area contributed by atoms with Gasteiger partial charge in [-0.2, -0.15) is 0 Å². The van der Waals surface area contributed by atoms with Gasteiger partial charge in [0, 0.05) is 108 Å². The molecule has 3 rings (SSSR count). The Kier molecular flexibility index (Phi) is 18.5. The molecular formula is C42H61N5O10S. The van der Waals surface area contributed by atoms with Crippen molar-refractivity contribution in [2.24, 2.45) is 21.8 Å². The van der Waals surface area contributed by atoms with E-state index in [1.54, 1.807) is 25.2 Å². The monoisotopic (exact) mass is 827 g/mol. The number of aryl methyl sites for hydroxylation is 1. The van der Waals surface area contributed by atoms with Crippen LogP contribution in [0, 0.1) is 18.8 Å². The molecule has 1 amide bonds. The first-order chi connectivity index (χ1) is 27.4. The summed E-state index contributed by atoms with van der Waals surface area (Å²) in [6.45, 7) is 15.3. The summed E-state index contributed by atoms with van der Waals surface area (Å²) in [5.74, 6) is -2.10. The van der Waals surface area contributed by atoms with Crippen LogP contribution in [-0.2, 0) is 47.7 Å². The van der Waals surface area contributed by atoms with Gasteiger partial charge in [-0.05, 0) is 75.6 Å². The number of hydrogen-bond acceptors (Lipinski definition) is 14. The van der Waals surface area contributed by atoms with Crippen molar-refractivity contribution in [2.75, 3.05) is 40.0 Å². The molecule has 3 heterocycles. The fourth-order valence-electron chi connectivity index (χ4n) is 6.95. The van der Waals surface area contributed by atoms with E-state index in [1.165, 1.54) is 39.5 Å². The van der Waals surface area contributed by atoms with Crippen LogP contribution in [0.3, 0.4) is 0 Å². The fourth-order valence-corrected chi connectivity index (χ4v) is 8.10. The normalized spacial score (nSPS) is 24.6. The topological polar surface area (TPSA) is 187 Å². The van der Waals surface area contributed by atoms with Crippen molar-refractivity contribution in [3.05, 3.63) is 45.4 Å². The molecule has 0 aromatic carbocycles. The highest BCUT2D eigenvalue weighted by molar-refractivity contribution is 7.99. The number of nitrogens with one attached hydrogen (secondary N) is 2. The van der Waals surface area contributed by atoms with Gasteiger partial charge in [0.1, 0.15) is 18.1 Å². The molecule has 16 heteroatoms.